The molecule has 0 aromatic carbocycles. The van der Waals surface area contributed by atoms with Gasteiger partial charge in [-0.2, -0.15) is 0 Å². The van der Waals surface area contributed by atoms with Crippen molar-refractivity contribution in [1.29, 1.82) is 0 Å². The van der Waals surface area contributed by atoms with Crippen LogP contribution in [-0.2, 0) is 0 Å². The highest BCUT2D eigenvalue weighted by Gasteiger charge is 1.91. The lowest BCUT2D eigenvalue weighted by Gasteiger charge is -1.85. The number of hydrogen-bond acceptors (Lipinski definition) is 3. The summed E-state index contributed by atoms with van der Waals surface area (Å²) in [6, 6.07) is 0. The van der Waals surface area contributed by atoms with Gasteiger partial charge in [-0.1, -0.05) is 0 Å². The summed E-state index contributed by atoms with van der Waals surface area (Å²) in [6.07, 6.45) is 4.87. The van der Waals surface area contributed by atoms with Crippen molar-refractivity contribution >= 4 is 6.08 Å². The van der Waals surface area contributed by atoms with Crippen molar-refractivity contribution in [2.24, 2.45) is 0 Å². The molecule has 0 aliphatic heterocycles. The Hall–Kier alpha value is -1.58. The van der Waals surface area contributed by atoms with Gasteiger partial charge in [-0.3, -0.25) is 4.79 Å². The van der Waals surface area contributed by atoms with Crippen LogP contribution in [0.1, 0.15) is 5.69 Å². The van der Waals surface area contributed by atoms with E-state index in [9.17, 15) is 4.79 Å². The standard InChI is InChI=1S/C6H6N2O2/c9-4-1-5-6(10)8-3-2-7-5/h1-4,9H,(H,8,10). The smallest absolute Gasteiger partial charge is 0.273 e. The maximum absolute atomic E-state index is 10.7. The number of rotatable bonds is 1. The highest BCUT2D eigenvalue weighted by molar-refractivity contribution is 5.40. The Bertz CT molecular complexity index is 290. The number of hydrogen-bond donors (Lipinski definition) is 2. The van der Waals surface area contributed by atoms with Crippen molar-refractivity contribution in [2.75, 3.05) is 0 Å². The zero-order valence-electron chi connectivity index (χ0n) is 5.11. The second kappa shape index (κ2) is 2.82. The molecule has 0 atom stereocenters. The largest absolute Gasteiger partial charge is 0.516 e. The van der Waals surface area contributed by atoms with Crippen molar-refractivity contribution in [2.45, 2.75) is 0 Å². The van der Waals surface area contributed by atoms with E-state index in [2.05, 4.69) is 9.97 Å². The fourth-order valence-corrected chi connectivity index (χ4v) is 0.552. The molecule has 4 nitrogen and oxygen atoms in total. The average molecular weight is 138 g/mol. The Morgan fingerprint density at radius 2 is 2.50 bits per heavy atom. The van der Waals surface area contributed by atoms with Gasteiger partial charge < -0.3 is 10.1 Å². The van der Waals surface area contributed by atoms with Gasteiger partial charge in [0.2, 0.25) is 0 Å². The van der Waals surface area contributed by atoms with Crippen LogP contribution in [0.3, 0.4) is 0 Å². The fourth-order valence-electron chi connectivity index (χ4n) is 0.552. The first-order valence-electron chi connectivity index (χ1n) is 2.69. The monoisotopic (exact) mass is 138 g/mol. The number of aliphatic hydroxyl groups is 1. The van der Waals surface area contributed by atoms with E-state index in [1.165, 1.54) is 18.5 Å². The van der Waals surface area contributed by atoms with E-state index in [1.54, 1.807) is 0 Å². The molecule has 0 radical (unpaired) electrons. The number of aromatic amines is 1. The Kier molecular flexibility index (Phi) is 1.84. The fraction of sp³-hybridized carbons (Fsp3) is 0. The van der Waals surface area contributed by atoms with Crippen LogP contribution in [0.4, 0.5) is 0 Å². The van der Waals surface area contributed by atoms with E-state index < -0.39 is 0 Å². The maximum atomic E-state index is 10.7. The molecule has 0 aliphatic rings. The van der Waals surface area contributed by atoms with Gasteiger partial charge in [-0.25, -0.2) is 4.98 Å². The van der Waals surface area contributed by atoms with Crippen LogP contribution in [-0.4, -0.2) is 15.1 Å². The first kappa shape index (κ1) is 6.54. The minimum absolute atomic E-state index is 0.199. The first-order chi connectivity index (χ1) is 4.84. The quantitative estimate of drug-likeness (QED) is 0.548. The molecule has 0 bridgehead atoms. The molecule has 1 aromatic rings. The second-order valence-electron chi connectivity index (χ2n) is 1.62. The van der Waals surface area contributed by atoms with Gasteiger partial charge in [0.15, 0.2) is 0 Å². The average Bonchev–Trinajstić information content (AvgIpc) is 1.94. The Morgan fingerprint density at radius 3 is 3.10 bits per heavy atom. The summed E-state index contributed by atoms with van der Waals surface area (Å²) in [7, 11) is 0. The summed E-state index contributed by atoms with van der Waals surface area (Å²) >= 11 is 0. The molecule has 1 heterocycles. The molecule has 2 N–H and O–H groups in total. The highest BCUT2D eigenvalue weighted by atomic mass is 16.2. The number of nitrogens with one attached hydrogen (secondary N) is 1. The number of aromatic nitrogens is 2. The van der Waals surface area contributed by atoms with Crippen LogP contribution < -0.4 is 5.56 Å². The molecule has 0 unspecified atom stereocenters. The first-order valence-corrected chi connectivity index (χ1v) is 2.69. The topological polar surface area (TPSA) is 66.0 Å². The zero-order chi connectivity index (χ0) is 7.40. The van der Waals surface area contributed by atoms with Crippen molar-refractivity contribution in [3.8, 4) is 0 Å². The van der Waals surface area contributed by atoms with Crippen LogP contribution in [0, 0.1) is 0 Å². The summed E-state index contributed by atoms with van der Waals surface area (Å²) in [5.41, 5.74) is -0.113. The van der Waals surface area contributed by atoms with Crippen molar-refractivity contribution in [3.05, 3.63) is 34.7 Å². The van der Waals surface area contributed by atoms with Gasteiger partial charge in [0.05, 0.1) is 6.26 Å². The predicted molar refractivity (Wildman–Crippen MR) is 36.5 cm³/mol. The third-order valence-electron chi connectivity index (χ3n) is 0.968. The molecule has 1 rings (SSSR count). The van der Waals surface area contributed by atoms with E-state index in [4.69, 9.17) is 5.11 Å². The van der Waals surface area contributed by atoms with E-state index in [0.717, 1.165) is 6.26 Å². The Balaban J connectivity index is 3.16. The van der Waals surface area contributed by atoms with E-state index in [1.807, 2.05) is 0 Å². The van der Waals surface area contributed by atoms with Gasteiger partial charge in [0, 0.05) is 18.5 Å². The van der Waals surface area contributed by atoms with Crippen molar-refractivity contribution in [1.82, 2.24) is 9.97 Å². The minimum Gasteiger partial charge on any atom is -0.516 e. The predicted octanol–water partition coefficient (Wildman–Crippen LogP) is 0.299. The van der Waals surface area contributed by atoms with Gasteiger partial charge >= 0.3 is 0 Å². The Morgan fingerprint density at radius 1 is 1.70 bits per heavy atom. The summed E-state index contributed by atoms with van der Waals surface area (Å²) in [5, 5.41) is 8.27. The molecular formula is C6H6N2O2. The molecule has 52 valence electrons. The van der Waals surface area contributed by atoms with Crippen molar-refractivity contribution < 1.29 is 5.11 Å². The SMILES string of the molecule is O=c1[nH]ccnc1C=CO. The molecule has 0 aliphatic carbocycles. The van der Waals surface area contributed by atoms with Gasteiger partial charge in [-0.15, -0.1) is 0 Å². The molecule has 1 aromatic heterocycles. The zero-order valence-corrected chi connectivity index (χ0v) is 5.11. The van der Waals surface area contributed by atoms with Crippen LogP contribution in [0.5, 0.6) is 0 Å². The lowest BCUT2D eigenvalue weighted by Crippen LogP contribution is -2.09. The molecular weight excluding hydrogens is 132 g/mol. The summed E-state index contributed by atoms with van der Waals surface area (Å²) < 4.78 is 0. The van der Waals surface area contributed by atoms with Crippen LogP contribution in [0.15, 0.2) is 23.5 Å². The molecule has 0 spiro atoms. The van der Waals surface area contributed by atoms with Gasteiger partial charge in [0.25, 0.3) is 5.56 Å². The Labute approximate surface area is 56.9 Å². The molecule has 10 heavy (non-hydrogen) atoms. The van der Waals surface area contributed by atoms with Crippen LogP contribution in [0.25, 0.3) is 6.08 Å². The molecule has 0 amide bonds. The summed E-state index contributed by atoms with van der Waals surface area (Å²) in [4.78, 5) is 16.8. The van der Waals surface area contributed by atoms with E-state index in [-0.39, 0.29) is 11.3 Å². The molecule has 0 saturated heterocycles. The third-order valence-corrected chi connectivity index (χ3v) is 0.968. The summed E-state index contributed by atoms with van der Waals surface area (Å²) in [6.45, 7) is 0. The van der Waals surface area contributed by atoms with E-state index >= 15 is 0 Å². The minimum atomic E-state index is -0.312. The normalized spacial score (nSPS) is 10.4. The molecule has 4 heteroatoms. The molecule has 0 fully saturated rings. The van der Waals surface area contributed by atoms with E-state index in [0.29, 0.717) is 0 Å². The highest BCUT2D eigenvalue weighted by Crippen LogP contribution is 1.83. The van der Waals surface area contributed by atoms with Crippen molar-refractivity contribution in [3.63, 3.8) is 0 Å². The number of H-pyrrole nitrogens is 1. The summed E-state index contributed by atoms with van der Waals surface area (Å²) in [5.74, 6) is 0. The van der Waals surface area contributed by atoms with Crippen LogP contribution in [0.2, 0.25) is 0 Å². The van der Waals surface area contributed by atoms with Crippen LogP contribution >= 0.6 is 0 Å². The lowest BCUT2D eigenvalue weighted by atomic mass is 10.4. The third kappa shape index (κ3) is 1.22. The maximum Gasteiger partial charge on any atom is 0.273 e. The lowest BCUT2D eigenvalue weighted by molar-refractivity contribution is 0.478. The second-order valence-corrected chi connectivity index (χ2v) is 1.62. The number of aliphatic hydroxyl groups excluding tert-OH is 1. The van der Waals surface area contributed by atoms with Gasteiger partial charge in [0.1, 0.15) is 5.69 Å². The molecule has 0 saturated carbocycles. The van der Waals surface area contributed by atoms with Gasteiger partial charge in [-0.05, 0) is 0 Å². The number of nitrogens with zero attached hydrogens (tertiary/aromatic N) is 1.